The normalized spacial score (nSPS) is 21.8. The monoisotopic (exact) mass is 292 g/mol. The Hall–Kier alpha value is -1.56. The van der Waals surface area contributed by atoms with Crippen molar-refractivity contribution >= 4 is 22.8 Å². The summed E-state index contributed by atoms with van der Waals surface area (Å²) in [6.45, 7) is 0.663. The van der Waals surface area contributed by atoms with Crippen LogP contribution in [0.1, 0.15) is 29.6 Å². The highest BCUT2D eigenvalue weighted by atomic mass is 32.2. The van der Waals surface area contributed by atoms with Crippen molar-refractivity contribution in [1.29, 1.82) is 0 Å². The van der Waals surface area contributed by atoms with Crippen LogP contribution in [0.3, 0.4) is 0 Å². The number of thioether (sulfide) groups is 1. The zero-order valence-corrected chi connectivity index (χ0v) is 11.8. The highest BCUT2D eigenvalue weighted by molar-refractivity contribution is 8.14. The minimum Gasteiger partial charge on any atom is -0.477 e. The molecular weight excluding hydrogens is 276 g/mol. The summed E-state index contributed by atoms with van der Waals surface area (Å²) in [4.78, 5) is 27.7. The van der Waals surface area contributed by atoms with Crippen molar-refractivity contribution in [3.05, 3.63) is 23.9 Å². The van der Waals surface area contributed by atoms with Gasteiger partial charge in [0.25, 0.3) is 5.91 Å². The molecule has 3 rings (SSSR count). The molecule has 1 aromatic heterocycles. The summed E-state index contributed by atoms with van der Waals surface area (Å²) < 4.78 is 5.55. The first-order chi connectivity index (χ1) is 9.72. The molecule has 1 aromatic rings. The van der Waals surface area contributed by atoms with Crippen molar-refractivity contribution < 1.29 is 14.3 Å². The van der Waals surface area contributed by atoms with E-state index < -0.39 is 0 Å². The van der Waals surface area contributed by atoms with Gasteiger partial charge in [-0.25, -0.2) is 4.98 Å². The molecule has 2 heterocycles. The van der Waals surface area contributed by atoms with Gasteiger partial charge in [-0.05, 0) is 31.2 Å². The fourth-order valence-corrected chi connectivity index (χ4v) is 2.92. The van der Waals surface area contributed by atoms with E-state index in [2.05, 4.69) is 10.3 Å². The predicted octanol–water partition coefficient (Wildman–Crippen LogP) is 1.63. The quantitative estimate of drug-likeness (QED) is 0.893. The molecule has 2 fully saturated rings. The predicted molar refractivity (Wildman–Crippen MR) is 75.8 cm³/mol. The van der Waals surface area contributed by atoms with Crippen LogP contribution < -0.4 is 10.1 Å². The van der Waals surface area contributed by atoms with Gasteiger partial charge in [0, 0.05) is 23.6 Å². The largest absolute Gasteiger partial charge is 0.477 e. The third-order valence-electron chi connectivity index (χ3n) is 3.40. The number of nitrogens with zero attached hydrogens (tertiary/aromatic N) is 1. The second-order valence-electron chi connectivity index (χ2n) is 5.12. The van der Waals surface area contributed by atoms with E-state index in [0.717, 1.165) is 5.75 Å². The molecule has 1 aliphatic carbocycles. The van der Waals surface area contributed by atoms with Crippen molar-refractivity contribution in [2.75, 3.05) is 12.4 Å². The van der Waals surface area contributed by atoms with Crippen LogP contribution >= 0.6 is 11.8 Å². The van der Waals surface area contributed by atoms with Gasteiger partial charge in [-0.1, -0.05) is 11.8 Å². The van der Waals surface area contributed by atoms with E-state index in [0.29, 0.717) is 30.4 Å². The van der Waals surface area contributed by atoms with Gasteiger partial charge < -0.3 is 10.1 Å². The maximum absolute atomic E-state index is 12.1. The van der Waals surface area contributed by atoms with Crippen molar-refractivity contribution in [1.82, 2.24) is 10.3 Å². The Balaban J connectivity index is 1.61. The summed E-state index contributed by atoms with van der Waals surface area (Å²) in [5.41, 5.74) is 0.482. The third kappa shape index (κ3) is 3.30. The van der Waals surface area contributed by atoms with Gasteiger partial charge in [0.2, 0.25) is 11.0 Å². The van der Waals surface area contributed by atoms with Crippen LogP contribution in [0.2, 0.25) is 0 Å². The summed E-state index contributed by atoms with van der Waals surface area (Å²) in [5.74, 6) is 1.64. The van der Waals surface area contributed by atoms with Gasteiger partial charge in [-0.3, -0.25) is 9.59 Å². The van der Waals surface area contributed by atoms with Crippen molar-refractivity contribution in [3.8, 4) is 5.88 Å². The van der Waals surface area contributed by atoms with E-state index in [4.69, 9.17) is 4.74 Å². The molecule has 0 aromatic carbocycles. The fourth-order valence-electron chi connectivity index (χ4n) is 1.99. The number of carbonyl (C=O) groups excluding carboxylic acids is 2. The number of pyridine rings is 1. The minimum absolute atomic E-state index is 0.0395. The molecule has 1 aliphatic heterocycles. The van der Waals surface area contributed by atoms with Gasteiger partial charge >= 0.3 is 0 Å². The molecule has 1 saturated carbocycles. The van der Waals surface area contributed by atoms with Crippen LogP contribution in [-0.2, 0) is 4.79 Å². The fraction of sp³-hybridized carbons (Fsp3) is 0.500. The minimum atomic E-state index is -0.364. The number of carbonyl (C=O) groups is 2. The summed E-state index contributed by atoms with van der Waals surface area (Å²) in [6, 6.07) is 2.90. The number of rotatable bonds is 5. The molecule has 0 unspecified atom stereocenters. The van der Waals surface area contributed by atoms with Crippen LogP contribution in [0.15, 0.2) is 18.3 Å². The lowest BCUT2D eigenvalue weighted by atomic mass is 10.2. The Morgan fingerprint density at radius 3 is 3.00 bits per heavy atom. The molecule has 20 heavy (non-hydrogen) atoms. The van der Waals surface area contributed by atoms with E-state index in [9.17, 15) is 9.59 Å². The molecule has 0 spiro atoms. The SMILES string of the molecule is O=C(N[C@H]1CCSC1=O)c1ccnc(OCC2CC2)c1. The molecule has 5 nitrogen and oxygen atoms in total. The standard InChI is InChI=1S/C14H16N2O3S/c17-13(16-11-4-6-20-14(11)18)10-3-5-15-12(7-10)19-8-9-1-2-9/h3,5,7,9,11H,1-2,4,6,8H2,(H,16,17)/t11-/m0/s1. The second-order valence-corrected chi connectivity index (χ2v) is 6.22. The third-order valence-corrected chi connectivity index (χ3v) is 4.41. The maximum Gasteiger partial charge on any atom is 0.252 e. The molecular formula is C14H16N2O3S. The number of hydrogen-bond acceptors (Lipinski definition) is 5. The maximum atomic E-state index is 12.1. The molecule has 2 aliphatic rings. The van der Waals surface area contributed by atoms with Gasteiger partial charge in [0.05, 0.1) is 12.6 Å². The first kappa shape index (κ1) is 13.4. The van der Waals surface area contributed by atoms with Gasteiger partial charge in [-0.15, -0.1) is 0 Å². The van der Waals surface area contributed by atoms with E-state index in [1.807, 2.05) is 0 Å². The Morgan fingerprint density at radius 2 is 2.30 bits per heavy atom. The lowest BCUT2D eigenvalue weighted by Gasteiger charge is -2.11. The highest BCUT2D eigenvalue weighted by Gasteiger charge is 2.27. The smallest absolute Gasteiger partial charge is 0.252 e. The lowest BCUT2D eigenvalue weighted by Crippen LogP contribution is -2.37. The first-order valence-corrected chi connectivity index (χ1v) is 7.77. The van der Waals surface area contributed by atoms with Gasteiger partial charge in [0.1, 0.15) is 0 Å². The van der Waals surface area contributed by atoms with Crippen LogP contribution in [0.5, 0.6) is 5.88 Å². The molecule has 106 valence electrons. The molecule has 1 atom stereocenters. The Labute approximate surface area is 121 Å². The highest BCUT2D eigenvalue weighted by Crippen LogP contribution is 2.29. The van der Waals surface area contributed by atoms with E-state index in [1.165, 1.54) is 24.6 Å². The van der Waals surface area contributed by atoms with Gasteiger partial charge in [-0.2, -0.15) is 0 Å². The van der Waals surface area contributed by atoms with E-state index in [-0.39, 0.29) is 17.1 Å². The molecule has 0 bridgehead atoms. The molecule has 0 radical (unpaired) electrons. The summed E-state index contributed by atoms with van der Waals surface area (Å²) in [6.07, 6.45) is 4.68. The van der Waals surface area contributed by atoms with Crippen molar-refractivity contribution in [3.63, 3.8) is 0 Å². The summed E-state index contributed by atoms with van der Waals surface area (Å²) >= 11 is 1.27. The Bertz CT molecular complexity index is 531. The zero-order chi connectivity index (χ0) is 13.9. The zero-order valence-electron chi connectivity index (χ0n) is 11.0. The summed E-state index contributed by atoms with van der Waals surface area (Å²) in [7, 11) is 0. The van der Waals surface area contributed by atoms with Crippen molar-refractivity contribution in [2.45, 2.75) is 25.3 Å². The molecule has 6 heteroatoms. The molecule has 1 amide bonds. The molecule has 1 saturated heterocycles. The van der Waals surface area contributed by atoms with Crippen LogP contribution in [0.25, 0.3) is 0 Å². The topological polar surface area (TPSA) is 68.3 Å². The van der Waals surface area contributed by atoms with Gasteiger partial charge in [0.15, 0.2) is 0 Å². The van der Waals surface area contributed by atoms with E-state index in [1.54, 1.807) is 18.3 Å². The average molecular weight is 292 g/mol. The van der Waals surface area contributed by atoms with Crippen molar-refractivity contribution in [2.24, 2.45) is 5.92 Å². The Morgan fingerprint density at radius 1 is 1.45 bits per heavy atom. The second kappa shape index (κ2) is 5.83. The van der Waals surface area contributed by atoms with Crippen LogP contribution in [0, 0.1) is 5.92 Å². The number of aromatic nitrogens is 1. The number of amides is 1. The lowest BCUT2D eigenvalue weighted by molar-refractivity contribution is -0.112. The Kier molecular flexibility index (Phi) is 3.91. The van der Waals surface area contributed by atoms with Crippen LogP contribution in [-0.4, -0.2) is 34.4 Å². The molecule has 1 N–H and O–H groups in total. The summed E-state index contributed by atoms with van der Waals surface area (Å²) in [5, 5.41) is 2.80. The number of ether oxygens (including phenoxy) is 1. The first-order valence-electron chi connectivity index (χ1n) is 6.79. The van der Waals surface area contributed by atoms with E-state index >= 15 is 0 Å². The van der Waals surface area contributed by atoms with Crippen LogP contribution in [0.4, 0.5) is 0 Å². The average Bonchev–Trinajstić information content (AvgIpc) is 3.21. The number of nitrogens with one attached hydrogen (secondary N) is 1. The number of hydrogen-bond donors (Lipinski definition) is 1.